The fraction of sp³-hybridized carbons (Fsp3) is 0.812. The maximum Gasteiger partial charge on any atom is 0.335 e. The van der Waals surface area contributed by atoms with Gasteiger partial charge in [-0.15, -0.1) is 0 Å². The van der Waals surface area contributed by atoms with Crippen molar-refractivity contribution in [2.24, 2.45) is 5.41 Å². The van der Waals surface area contributed by atoms with Crippen molar-refractivity contribution in [3.05, 3.63) is 12.2 Å². The molecule has 0 bridgehead atoms. The zero-order valence-corrected chi connectivity index (χ0v) is 13.0. The molecule has 1 fully saturated rings. The lowest BCUT2D eigenvalue weighted by Gasteiger charge is -2.48. The minimum atomic E-state index is -0.526. The second-order valence-electron chi connectivity index (χ2n) is 6.68. The Kier molecular flexibility index (Phi) is 5.19. The summed E-state index contributed by atoms with van der Waals surface area (Å²) in [6, 6.07) is 0. The highest BCUT2D eigenvalue weighted by Crippen LogP contribution is 2.45. The van der Waals surface area contributed by atoms with Gasteiger partial charge in [-0.1, -0.05) is 46.6 Å². The number of ether oxygens (including phenoxy) is 2. The first kappa shape index (κ1) is 16.2. The number of hydrogen-bond acceptors (Lipinski definition) is 3. The van der Waals surface area contributed by atoms with Crippen LogP contribution in [0.15, 0.2) is 12.2 Å². The van der Waals surface area contributed by atoms with Crippen molar-refractivity contribution in [1.29, 1.82) is 0 Å². The van der Waals surface area contributed by atoms with Crippen LogP contribution in [0.2, 0.25) is 0 Å². The average Bonchev–Trinajstić information content (AvgIpc) is 2.28. The minimum Gasteiger partial charge on any atom is -0.433 e. The molecule has 1 aliphatic carbocycles. The molecular weight excluding hydrogens is 240 g/mol. The first-order chi connectivity index (χ1) is 8.68. The normalized spacial score (nSPS) is 20.7. The van der Waals surface area contributed by atoms with Crippen LogP contribution in [0.1, 0.15) is 66.7 Å². The predicted molar refractivity (Wildman–Crippen MR) is 76.7 cm³/mol. The van der Waals surface area contributed by atoms with Gasteiger partial charge in [0.2, 0.25) is 6.29 Å². The van der Waals surface area contributed by atoms with Crippen LogP contribution >= 0.6 is 0 Å². The molecular formula is C16H28O3. The van der Waals surface area contributed by atoms with E-state index in [2.05, 4.69) is 27.4 Å². The van der Waals surface area contributed by atoms with Gasteiger partial charge in [0.25, 0.3) is 0 Å². The van der Waals surface area contributed by atoms with Gasteiger partial charge in [0.1, 0.15) is 0 Å². The topological polar surface area (TPSA) is 35.5 Å². The molecule has 0 aliphatic heterocycles. The highest BCUT2D eigenvalue weighted by Gasteiger charge is 2.45. The highest BCUT2D eigenvalue weighted by atomic mass is 16.7. The zero-order valence-electron chi connectivity index (χ0n) is 13.0. The standard InChI is InChI=1S/C16H28O3/c1-12(2)14(17)18-13(3)19-16(15(4,5)6)10-8-7-9-11-16/h13H,1,7-11H2,2-6H3. The number of carbonyl (C=O) groups is 1. The van der Waals surface area contributed by atoms with Gasteiger partial charge in [-0.25, -0.2) is 4.79 Å². The summed E-state index contributed by atoms with van der Waals surface area (Å²) in [5, 5.41) is 0. The van der Waals surface area contributed by atoms with E-state index in [1.807, 2.05) is 0 Å². The SMILES string of the molecule is C=C(C)C(=O)OC(C)OC1(C(C)(C)C)CCCCC1. The van der Waals surface area contributed by atoms with Crippen molar-refractivity contribution in [2.75, 3.05) is 0 Å². The number of esters is 1. The summed E-state index contributed by atoms with van der Waals surface area (Å²) in [7, 11) is 0. The van der Waals surface area contributed by atoms with Gasteiger partial charge < -0.3 is 9.47 Å². The molecule has 110 valence electrons. The van der Waals surface area contributed by atoms with E-state index in [0.717, 1.165) is 12.8 Å². The number of rotatable bonds is 4. The second-order valence-corrected chi connectivity index (χ2v) is 6.68. The maximum atomic E-state index is 11.5. The largest absolute Gasteiger partial charge is 0.433 e. The van der Waals surface area contributed by atoms with Crippen molar-refractivity contribution in [3.63, 3.8) is 0 Å². The summed E-state index contributed by atoms with van der Waals surface area (Å²) in [6.07, 6.45) is 5.16. The van der Waals surface area contributed by atoms with Gasteiger partial charge in [0.05, 0.1) is 5.60 Å². The molecule has 0 aromatic heterocycles. The molecule has 0 spiro atoms. The molecule has 1 aliphatic rings. The number of hydrogen-bond donors (Lipinski definition) is 0. The second kappa shape index (κ2) is 6.08. The molecule has 0 N–H and O–H groups in total. The monoisotopic (exact) mass is 268 g/mol. The molecule has 3 heteroatoms. The third-order valence-corrected chi connectivity index (χ3v) is 4.04. The van der Waals surface area contributed by atoms with Crippen molar-refractivity contribution >= 4 is 5.97 Å². The van der Waals surface area contributed by atoms with Gasteiger partial charge in [-0.3, -0.25) is 0 Å². The van der Waals surface area contributed by atoms with Crippen LogP contribution in [-0.4, -0.2) is 17.9 Å². The Labute approximate surface area is 117 Å². The van der Waals surface area contributed by atoms with E-state index in [1.165, 1.54) is 19.3 Å². The van der Waals surface area contributed by atoms with Crippen LogP contribution in [0, 0.1) is 5.41 Å². The van der Waals surface area contributed by atoms with Crippen molar-refractivity contribution in [3.8, 4) is 0 Å². The summed E-state index contributed by atoms with van der Waals surface area (Å²) in [4.78, 5) is 11.5. The highest BCUT2D eigenvalue weighted by molar-refractivity contribution is 5.86. The summed E-state index contributed by atoms with van der Waals surface area (Å²) < 4.78 is 11.5. The molecule has 1 rings (SSSR count). The fourth-order valence-electron chi connectivity index (χ4n) is 2.76. The molecule has 1 atom stereocenters. The lowest BCUT2D eigenvalue weighted by molar-refractivity contribution is -0.238. The first-order valence-electron chi connectivity index (χ1n) is 7.22. The third-order valence-electron chi connectivity index (χ3n) is 4.04. The van der Waals surface area contributed by atoms with E-state index < -0.39 is 6.29 Å². The maximum absolute atomic E-state index is 11.5. The number of carbonyl (C=O) groups excluding carboxylic acids is 1. The van der Waals surface area contributed by atoms with E-state index in [9.17, 15) is 4.79 Å². The van der Waals surface area contributed by atoms with Crippen LogP contribution in [-0.2, 0) is 14.3 Å². The average molecular weight is 268 g/mol. The van der Waals surface area contributed by atoms with E-state index in [4.69, 9.17) is 9.47 Å². The lowest BCUT2D eigenvalue weighted by atomic mass is 9.68. The Morgan fingerprint density at radius 1 is 1.21 bits per heavy atom. The molecule has 0 amide bonds. The summed E-state index contributed by atoms with van der Waals surface area (Å²) >= 11 is 0. The van der Waals surface area contributed by atoms with Crippen LogP contribution < -0.4 is 0 Å². The molecule has 0 radical (unpaired) electrons. The molecule has 19 heavy (non-hydrogen) atoms. The Morgan fingerprint density at radius 2 is 1.74 bits per heavy atom. The van der Waals surface area contributed by atoms with Gasteiger partial charge in [-0.2, -0.15) is 0 Å². The Balaban J connectivity index is 2.73. The molecule has 1 saturated carbocycles. The Hall–Kier alpha value is -0.830. The van der Waals surface area contributed by atoms with Gasteiger partial charge >= 0.3 is 5.97 Å². The van der Waals surface area contributed by atoms with E-state index in [-0.39, 0.29) is 17.0 Å². The van der Waals surface area contributed by atoms with E-state index in [0.29, 0.717) is 5.57 Å². The zero-order chi connectivity index (χ0) is 14.7. The minimum absolute atomic E-state index is 0.0390. The third kappa shape index (κ3) is 4.07. The van der Waals surface area contributed by atoms with E-state index >= 15 is 0 Å². The predicted octanol–water partition coefficient (Wildman–Crippen LogP) is 4.22. The molecule has 0 saturated heterocycles. The molecule has 1 unspecified atom stereocenters. The Bertz CT molecular complexity index is 332. The van der Waals surface area contributed by atoms with Crippen LogP contribution in [0.3, 0.4) is 0 Å². The van der Waals surface area contributed by atoms with Gasteiger partial charge in [0, 0.05) is 5.57 Å². The van der Waals surface area contributed by atoms with Crippen molar-refractivity contribution in [1.82, 2.24) is 0 Å². The van der Waals surface area contributed by atoms with E-state index in [1.54, 1.807) is 13.8 Å². The smallest absolute Gasteiger partial charge is 0.335 e. The van der Waals surface area contributed by atoms with Crippen LogP contribution in [0.5, 0.6) is 0 Å². The van der Waals surface area contributed by atoms with Gasteiger partial charge in [0.15, 0.2) is 0 Å². The van der Waals surface area contributed by atoms with Crippen molar-refractivity contribution in [2.45, 2.75) is 78.6 Å². The first-order valence-corrected chi connectivity index (χ1v) is 7.22. The summed E-state index contributed by atoms with van der Waals surface area (Å²) in [5.74, 6) is -0.382. The molecule has 0 aromatic rings. The fourth-order valence-corrected chi connectivity index (χ4v) is 2.76. The summed E-state index contributed by atoms with van der Waals surface area (Å²) in [6.45, 7) is 13.6. The lowest BCUT2D eigenvalue weighted by Crippen LogP contribution is -2.49. The molecule has 0 aromatic carbocycles. The van der Waals surface area contributed by atoms with Crippen molar-refractivity contribution < 1.29 is 14.3 Å². The summed E-state index contributed by atoms with van der Waals surface area (Å²) in [5.41, 5.74) is 0.251. The molecule has 3 nitrogen and oxygen atoms in total. The quantitative estimate of drug-likeness (QED) is 0.435. The van der Waals surface area contributed by atoms with Crippen LogP contribution in [0.25, 0.3) is 0 Å². The molecule has 0 heterocycles. The Morgan fingerprint density at radius 3 is 2.16 bits per heavy atom. The van der Waals surface area contributed by atoms with Crippen LogP contribution in [0.4, 0.5) is 0 Å². The van der Waals surface area contributed by atoms with Gasteiger partial charge in [-0.05, 0) is 32.1 Å².